The quantitative estimate of drug-likeness (QED) is 0.390. The van der Waals surface area contributed by atoms with Crippen LogP contribution in [0.5, 0.6) is 0 Å². The molecule has 0 saturated heterocycles. The van der Waals surface area contributed by atoms with Crippen molar-refractivity contribution in [3.63, 3.8) is 0 Å². The van der Waals surface area contributed by atoms with E-state index in [9.17, 15) is 0 Å². The lowest BCUT2D eigenvalue weighted by molar-refractivity contribution is 0.124. The summed E-state index contributed by atoms with van der Waals surface area (Å²) in [5, 5.41) is 17.4. The van der Waals surface area contributed by atoms with Gasteiger partial charge in [-0.1, -0.05) is 6.92 Å². The summed E-state index contributed by atoms with van der Waals surface area (Å²) in [6.07, 6.45) is 0.581. The maximum absolute atomic E-state index is 8.68. The summed E-state index contributed by atoms with van der Waals surface area (Å²) in [5.41, 5.74) is 10.7. The topological polar surface area (TPSA) is 92.5 Å². The van der Waals surface area contributed by atoms with Gasteiger partial charge in [0.2, 0.25) is 0 Å². The second kappa shape index (κ2) is 4.66. The first-order valence-electron chi connectivity index (χ1n) is 3.79. The van der Waals surface area contributed by atoms with E-state index in [2.05, 4.69) is 0 Å². The van der Waals surface area contributed by atoms with Crippen molar-refractivity contribution in [3.8, 4) is 0 Å². The van der Waals surface area contributed by atoms with Crippen LogP contribution in [-0.4, -0.2) is 29.6 Å². The zero-order valence-electron chi connectivity index (χ0n) is 6.95. The average Bonchev–Trinajstić information content (AvgIpc) is 1.88. The van der Waals surface area contributed by atoms with Gasteiger partial charge in [-0.2, -0.15) is 0 Å². The summed E-state index contributed by atoms with van der Waals surface area (Å²) in [7, 11) is 0. The van der Waals surface area contributed by atoms with Gasteiger partial charge in [-0.3, -0.25) is 0 Å². The molecule has 0 rings (SSSR count). The molecule has 0 aliphatic carbocycles. The average molecular weight is 162 g/mol. The lowest BCUT2D eigenvalue weighted by atomic mass is 9.81. The minimum absolute atomic E-state index is 0.0569. The Bertz CT molecular complexity index is 101. The number of aliphatic hydroxyl groups excluding tert-OH is 2. The molecule has 0 aliphatic heterocycles. The van der Waals surface area contributed by atoms with E-state index in [1.165, 1.54) is 0 Å². The van der Waals surface area contributed by atoms with E-state index in [0.717, 1.165) is 0 Å². The van der Waals surface area contributed by atoms with E-state index in [4.69, 9.17) is 21.7 Å². The molecular weight excluding hydrogens is 144 g/mol. The van der Waals surface area contributed by atoms with Gasteiger partial charge in [0.05, 0.1) is 6.17 Å². The lowest BCUT2D eigenvalue weighted by Gasteiger charge is -2.31. The predicted octanol–water partition coefficient (Wildman–Crippen LogP) is -0.999. The van der Waals surface area contributed by atoms with Gasteiger partial charge in [0.15, 0.2) is 0 Å². The largest absolute Gasteiger partial charge is 0.396 e. The third-order valence-corrected chi connectivity index (χ3v) is 2.17. The van der Waals surface area contributed by atoms with Gasteiger partial charge in [-0.05, 0) is 18.3 Å². The molecule has 0 radical (unpaired) electrons. The SMILES string of the molecule is CC(CCO)(CCO)C(N)N. The highest BCUT2D eigenvalue weighted by atomic mass is 16.3. The normalized spacial score (nSPS) is 12.5. The number of rotatable bonds is 5. The van der Waals surface area contributed by atoms with Gasteiger partial charge in [0.1, 0.15) is 0 Å². The Morgan fingerprint density at radius 2 is 1.55 bits per heavy atom. The molecule has 4 nitrogen and oxygen atoms in total. The van der Waals surface area contributed by atoms with Gasteiger partial charge in [0, 0.05) is 13.2 Å². The van der Waals surface area contributed by atoms with Crippen LogP contribution in [0.3, 0.4) is 0 Å². The third-order valence-electron chi connectivity index (χ3n) is 2.17. The first kappa shape index (κ1) is 10.8. The molecule has 4 heteroatoms. The molecule has 0 unspecified atom stereocenters. The summed E-state index contributed by atoms with van der Waals surface area (Å²) in [6.45, 7) is 1.98. The van der Waals surface area contributed by atoms with Crippen LogP contribution in [0.15, 0.2) is 0 Å². The van der Waals surface area contributed by atoms with Crippen molar-refractivity contribution in [2.24, 2.45) is 16.9 Å². The minimum Gasteiger partial charge on any atom is -0.396 e. The second-order valence-electron chi connectivity index (χ2n) is 3.13. The van der Waals surface area contributed by atoms with Crippen molar-refractivity contribution in [1.82, 2.24) is 0 Å². The first-order valence-corrected chi connectivity index (χ1v) is 3.79. The van der Waals surface area contributed by atoms with Crippen molar-refractivity contribution in [2.75, 3.05) is 13.2 Å². The molecule has 0 aliphatic rings. The zero-order valence-corrected chi connectivity index (χ0v) is 6.95. The van der Waals surface area contributed by atoms with Gasteiger partial charge in [-0.15, -0.1) is 0 Å². The Labute approximate surface area is 67.2 Å². The molecule has 0 aromatic heterocycles. The van der Waals surface area contributed by atoms with E-state index in [1.54, 1.807) is 0 Å². The molecule has 0 bridgehead atoms. The van der Waals surface area contributed by atoms with Crippen molar-refractivity contribution in [2.45, 2.75) is 25.9 Å². The highest BCUT2D eigenvalue weighted by Crippen LogP contribution is 2.26. The van der Waals surface area contributed by atoms with Crippen LogP contribution in [0.25, 0.3) is 0 Å². The third kappa shape index (κ3) is 3.16. The fraction of sp³-hybridized carbons (Fsp3) is 1.00. The van der Waals surface area contributed by atoms with Crippen LogP contribution in [0, 0.1) is 5.41 Å². The van der Waals surface area contributed by atoms with Gasteiger partial charge in [-0.25, -0.2) is 0 Å². The molecule has 0 heterocycles. The molecule has 11 heavy (non-hydrogen) atoms. The van der Waals surface area contributed by atoms with Gasteiger partial charge >= 0.3 is 0 Å². The molecule has 0 amide bonds. The van der Waals surface area contributed by atoms with Gasteiger partial charge in [0.25, 0.3) is 0 Å². The van der Waals surface area contributed by atoms with Crippen LogP contribution >= 0.6 is 0 Å². The Hall–Kier alpha value is -0.160. The van der Waals surface area contributed by atoms with E-state index >= 15 is 0 Å². The predicted molar refractivity (Wildman–Crippen MR) is 43.7 cm³/mol. The van der Waals surface area contributed by atoms with E-state index in [1.807, 2.05) is 6.92 Å². The van der Waals surface area contributed by atoms with Crippen molar-refractivity contribution < 1.29 is 10.2 Å². The zero-order chi connectivity index (χ0) is 8.91. The van der Waals surface area contributed by atoms with Crippen LogP contribution < -0.4 is 11.5 Å². The van der Waals surface area contributed by atoms with Crippen LogP contribution in [0.1, 0.15) is 19.8 Å². The molecule has 0 atom stereocenters. The lowest BCUT2D eigenvalue weighted by Crippen LogP contribution is -2.47. The maximum Gasteiger partial charge on any atom is 0.0577 e. The highest BCUT2D eigenvalue weighted by Gasteiger charge is 2.27. The smallest absolute Gasteiger partial charge is 0.0577 e. The van der Waals surface area contributed by atoms with Crippen LogP contribution in [0.2, 0.25) is 0 Å². The molecule has 0 aromatic carbocycles. The van der Waals surface area contributed by atoms with E-state index < -0.39 is 6.17 Å². The van der Waals surface area contributed by atoms with Crippen LogP contribution in [0.4, 0.5) is 0 Å². The number of hydrogen-bond acceptors (Lipinski definition) is 4. The number of hydrogen-bond donors (Lipinski definition) is 4. The summed E-state index contributed by atoms with van der Waals surface area (Å²) in [5.74, 6) is 0. The molecule has 0 saturated carbocycles. The van der Waals surface area contributed by atoms with E-state index in [-0.39, 0.29) is 18.6 Å². The standard InChI is InChI=1S/C7H18N2O2/c1-7(2-4-10,3-5-11)6(8)9/h6,10-11H,2-5,8-9H2,1H3. The number of aliphatic hydroxyl groups is 2. The molecule has 0 spiro atoms. The minimum atomic E-state index is -0.484. The molecule has 0 fully saturated rings. The highest BCUT2D eigenvalue weighted by molar-refractivity contribution is 4.80. The fourth-order valence-electron chi connectivity index (χ4n) is 0.969. The van der Waals surface area contributed by atoms with Gasteiger partial charge < -0.3 is 21.7 Å². The molecular formula is C7H18N2O2. The number of nitrogens with two attached hydrogens (primary N) is 2. The first-order chi connectivity index (χ1) is 5.06. The van der Waals surface area contributed by atoms with E-state index in [0.29, 0.717) is 12.8 Å². The Morgan fingerprint density at radius 3 is 1.73 bits per heavy atom. The monoisotopic (exact) mass is 162 g/mol. The summed E-state index contributed by atoms with van der Waals surface area (Å²) in [6, 6.07) is 0. The Balaban J connectivity index is 4.01. The van der Waals surface area contributed by atoms with Crippen molar-refractivity contribution in [3.05, 3.63) is 0 Å². The van der Waals surface area contributed by atoms with Crippen LogP contribution in [-0.2, 0) is 0 Å². The molecule has 6 N–H and O–H groups in total. The fourth-order valence-corrected chi connectivity index (χ4v) is 0.969. The Morgan fingerprint density at radius 1 is 1.18 bits per heavy atom. The Kier molecular flexibility index (Phi) is 4.60. The maximum atomic E-state index is 8.68. The van der Waals surface area contributed by atoms with Crippen molar-refractivity contribution in [1.29, 1.82) is 0 Å². The van der Waals surface area contributed by atoms with Crippen molar-refractivity contribution >= 4 is 0 Å². The summed E-state index contributed by atoms with van der Waals surface area (Å²) < 4.78 is 0. The molecule has 0 aromatic rings. The summed E-state index contributed by atoms with van der Waals surface area (Å²) >= 11 is 0. The summed E-state index contributed by atoms with van der Waals surface area (Å²) in [4.78, 5) is 0. The second-order valence-corrected chi connectivity index (χ2v) is 3.13. The molecule has 68 valence electrons.